The minimum atomic E-state index is -4.30. The standard InChI is InChI=1S/C10H20ClNO4S/c1-3-5-8(6-4-2)10(13)12-7-9(11)17(14,15)16/h8-9H,3-7H2,1-2H3,(H,12,13)(H,14,15,16). The Kier molecular flexibility index (Phi) is 7.74. The van der Waals surface area contributed by atoms with Crippen molar-refractivity contribution < 1.29 is 17.8 Å². The summed E-state index contributed by atoms with van der Waals surface area (Å²) in [6, 6.07) is 0. The molecule has 0 aliphatic rings. The van der Waals surface area contributed by atoms with Crippen molar-refractivity contribution in [3.8, 4) is 0 Å². The highest BCUT2D eigenvalue weighted by Gasteiger charge is 2.22. The third-order valence-electron chi connectivity index (χ3n) is 2.41. The van der Waals surface area contributed by atoms with Crippen LogP contribution in [0.5, 0.6) is 0 Å². The number of halogens is 1. The van der Waals surface area contributed by atoms with Gasteiger partial charge in [0.2, 0.25) is 5.91 Å². The maximum atomic E-state index is 11.7. The Balaban J connectivity index is 4.23. The molecule has 5 nitrogen and oxygen atoms in total. The third-order valence-corrected chi connectivity index (χ3v) is 4.05. The second-order valence-electron chi connectivity index (χ2n) is 3.94. The summed E-state index contributed by atoms with van der Waals surface area (Å²) >= 11 is 5.41. The summed E-state index contributed by atoms with van der Waals surface area (Å²) in [4.78, 5) is 11.7. The maximum absolute atomic E-state index is 11.7. The zero-order valence-corrected chi connectivity index (χ0v) is 11.7. The van der Waals surface area contributed by atoms with Crippen molar-refractivity contribution in [1.82, 2.24) is 5.32 Å². The fourth-order valence-corrected chi connectivity index (χ4v) is 1.91. The number of amides is 1. The Morgan fingerprint density at radius 1 is 1.29 bits per heavy atom. The number of nitrogens with one attached hydrogen (secondary N) is 1. The highest BCUT2D eigenvalue weighted by molar-refractivity contribution is 7.87. The number of rotatable bonds is 8. The predicted molar refractivity (Wildman–Crippen MR) is 67.5 cm³/mol. The first-order chi connectivity index (χ1) is 7.82. The van der Waals surface area contributed by atoms with Crippen LogP contribution in [0, 0.1) is 5.92 Å². The van der Waals surface area contributed by atoms with Gasteiger partial charge < -0.3 is 5.32 Å². The smallest absolute Gasteiger partial charge is 0.283 e. The summed E-state index contributed by atoms with van der Waals surface area (Å²) in [5.41, 5.74) is 0. The highest BCUT2D eigenvalue weighted by Crippen LogP contribution is 2.13. The van der Waals surface area contributed by atoms with Crippen LogP contribution in [0.25, 0.3) is 0 Å². The molecule has 1 amide bonds. The zero-order chi connectivity index (χ0) is 13.5. The first-order valence-corrected chi connectivity index (χ1v) is 7.64. The lowest BCUT2D eigenvalue weighted by Gasteiger charge is -2.16. The summed E-state index contributed by atoms with van der Waals surface area (Å²) in [5, 5.41) is 2.45. The molecular weight excluding hydrogens is 266 g/mol. The molecule has 0 aromatic heterocycles. The lowest BCUT2D eigenvalue weighted by atomic mass is 9.97. The van der Waals surface area contributed by atoms with E-state index >= 15 is 0 Å². The van der Waals surface area contributed by atoms with Gasteiger partial charge in [0.05, 0.1) is 6.54 Å². The molecular formula is C10H20ClNO4S. The highest BCUT2D eigenvalue weighted by atomic mass is 35.5. The third kappa shape index (κ3) is 6.85. The van der Waals surface area contributed by atoms with Crippen LogP contribution in [-0.2, 0) is 14.9 Å². The zero-order valence-electron chi connectivity index (χ0n) is 10.1. The number of alkyl halides is 1. The van der Waals surface area contributed by atoms with E-state index in [0.29, 0.717) is 0 Å². The van der Waals surface area contributed by atoms with Crippen LogP contribution < -0.4 is 5.32 Å². The van der Waals surface area contributed by atoms with Gasteiger partial charge in [-0.25, -0.2) is 0 Å². The van der Waals surface area contributed by atoms with Crippen molar-refractivity contribution >= 4 is 27.6 Å². The minimum Gasteiger partial charge on any atom is -0.353 e. The number of hydrogen-bond donors (Lipinski definition) is 2. The average molecular weight is 286 g/mol. The van der Waals surface area contributed by atoms with Gasteiger partial charge in [-0.15, -0.1) is 11.6 Å². The fourth-order valence-electron chi connectivity index (χ4n) is 1.53. The van der Waals surface area contributed by atoms with Crippen molar-refractivity contribution in [2.24, 2.45) is 5.92 Å². The van der Waals surface area contributed by atoms with Gasteiger partial charge in [-0.1, -0.05) is 26.7 Å². The molecule has 1 unspecified atom stereocenters. The molecule has 17 heavy (non-hydrogen) atoms. The minimum absolute atomic E-state index is 0.115. The van der Waals surface area contributed by atoms with E-state index in [1.54, 1.807) is 0 Å². The SMILES string of the molecule is CCCC(CCC)C(=O)NCC(Cl)S(=O)(=O)O. The molecule has 0 aromatic rings. The molecule has 0 heterocycles. The Bertz CT molecular complexity index is 325. The Morgan fingerprint density at radius 2 is 1.76 bits per heavy atom. The first-order valence-electron chi connectivity index (χ1n) is 5.71. The summed E-state index contributed by atoms with van der Waals surface area (Å²) in [7, 11) is -4.30. The topological polar surface area (TPSA) is 83.5 Å². The van der Waals surface area contributed by atoms with E-state index in [1.165, 1.54) is 0 Å². The van der Waals surface area contributed by atoms with Crippen molar-refractivity contribution in [1.29, 1.82) is 0 Å². The molecule has 0 rings (SSSR count). The molecule has 0 spiro atoms. The van der Waals surface area contributed by atoms with Crippen LogP contribution in [0.1, 0.15) is 39.5 Å². The number of carbonyl (C=O) groups is 1. The molecule has 0 fully saturated rings. The maximum Gasteiger partial charge on any atom is 0.283 e. The molecule has 2 N–H and O–H groups in total. The lowest BCUT2D eigenvalue weighted by Crippen LogP contribution is -2.37. The van der Waals surface area contributed by atoms with Gasteiger partial charge in [0, 0.05) is 5.92 Å². The molecule has 1 atom stereocenters. The fraction of sp³-hybridized carbons (Fsp3) is 0.900. The average Bonchev–Trinajstić information content (AvgIpc) is 2.23. The van der Waals surface area contributed by atoms with E-state index in [1.807, 2.05) is 13.8 Å². The molecule has 0 bridgehead atoms. The van der Waals surface area contributed by atoms with Gasteiger partial charge in [0.25, 0.3) is 10.1 Å². The van der Waals surface area contributed by atoms with Gasteiger partial charge in [-0.3, -0.25) is 9.35 Å². The summed E-state index contributed by atoms with van der Waals surface area (Å²) in [5.74, 6) is -0.321. The van der Waals surface area contributed by atoms with E-state index in [9.17, 15) is 13.2 Å². The van der Waals surface area contributed by atoms with Crippen molar-refractivity contribution in [3.05, 3.63) is 0 Å². The van der Waals surface area contributed by atoms with Crippen LogP contribution in [0.4, 0.5) is 0 Å². The van der Waals surface area contributed by atoms with Gasteiger partial charge in [-0.2, -0.15) is 8.42 Å². The van der Waals surface area contributed by atoms with Crippen LogP contribution in [0.2, 0.25) is 0 Å². The summed E-state index contributed by atoms with van der Waals surface area (Å²) in [6.45, 7) is 3.69. The summed E-state index contributed by atoms with van der Waals surface area (Å²) < 4.78 is 28.4. The van der Waals surface area contributed by atoms with Crippen molar-refractivity contribution in [2.45, 2.75) is 44.2 Å². The normalized spacial score (nSPS) is 13.7. The molecule has 0 radical (unpaired) electrons. The van der Waals surface area contributed by atoms with Crippen LogP contribution in [0.15, 0.2) is 0 Å². The van der Waals surface area contributed by atoms with Gasteiger partial charge in [0.15, 0.2) is 4.71 Å². The van der Waals surface area contributed by atoms with Gasteiger partial charge in [-0.05, 0) is 12.8 Å². The van der Waals surface area contributed by atoms with Crippen LogP contribution in [0.3, 0.4) is 0 Å². The van der Waals surface area contributed by atoms with E-state index in [4.69, 9.17) is 16.2 Å². The molecule has 0 aliphatic heterocycles. The Labute approximate surface area is 108 Å². The van der Waals surface area contributed by atoms with E-state index in [-0.39, 0.29) is 18.4 Å². The Hall–Kier alpha value is -0.330. The van der Waals surface area contributed by atoms with Crippen molar-refractivity contribution in [2.75, 3.05) is 6.54 Å². The van der Waals surface area contributed by atoms with Gasteiger partial charge in [0.1, 0.15) is 0 Å². The largest absolute Gasteiger partial charge is 0.353 e. The number of carbonyl (C=O) groups excluding carboxylic acids is 1. The number of hydrogen-bond acceptors (Lipinski definition) is 3. The first kappa shape index (κ1) is 16.7. The van der Waals surface area contributed by atoms with Crippen LogP contribution >= 0.6 is 11.6 Å². The quantitative estimate of drug-likeness (QED) is 0.526. The monoisotopic (exact) mass is 285 g/mol. The molecule has 0 aromatic carbocycles. The molecule has 0 saturated heterocycles. The van der Waals surface area contributed by atoms with Crippen molar-refractivity contribution in [3.63, 3.8) is 0 Å². The van der Waals surface area contributed by atoms with E-state index < -0.39 is 14.8 Å². The second-order valence-corrected chi connectivity index (χ2v) is 6.33. The lowest BCUT2D eigenvalue weighted by molar-refractivity contribution is -0.125. The predicted octanol–water partition coefficient (Wildman–Crippen LogP) is 1.77. The molecule has 0 aliphatic carbocycles. The van der Waals surface area contributed by atoms with Gasteiger partial charge >= 0.3 is 0 Å². The Morgan fingerprint density at radius 3 is 2.12 bits per heavy atom. The summed E-state index contributed by atoms with van der Waals surface area (Å²) in [6.07, 6.45) is 3.30. The van der Waals surface area contributed by atoms with Crippen LogP contribution in [-0.4, -0.2) is 30.1 Å². The van der Waals surface area contributed by atoms with E-state index in [0.717, 1.165) is 25.7 Å². The molecule has 102 valence electrons. The molecule has 0 saturated carbocycles. The second kappa shape index (κ2) is 7.89. The van der Waals surface area contributed by atoms with E-state index in [2.05, 4.69) is 5.32 Å². The molecule has 7 heteroatoms.